The first-order valence-corrected chi connectivity index (χ1v) is 8.08. The lowest BCUT2D eigenvalue weighted by Gasteiger charge is -2.22. The summed E-state index contributed by atoms with van der Waals surface area (Å²) in [6.45, 7) is 6.24. The zero-order valence-electron chi connectivity index (χ0n) is 13.8. The van der Waals surface area contributed by atoms with E-state index in [0.29, 0.717) is 29.8 Å². The first-order chi connectivity index (χ1) is 11.0. The zero-order valence-corrected chi connectivity index (χ0v) is 14.5. The summed E-state index contributed by atoms with van der Waals surface area (Å²) in [4.78, 5) is 20.1. The summed E-state index contributed by atoms with van der Waals surface area (Å²) < 4.78 is 5.75. The number of hydrogen-bond acceptors (Lipinski definition) is 4. The van der Waals surface area contributed by atoms with E-state index in [4.69, 9.17) is 16.0 Å². The summed E-state index contributed by atoms with van der Waals surface area (Å²) in [6, 6.07) is 7.41. The number of carbonyl (C=O) groups excluding carboxylic acids is 1. The van der Waals surface area contributed by atoms with Crippen molar-refractivity contribution in [2.75, 3.05) is 26.7 Å². The minimum atomic E-state index is 0.113. The predicted molar refractivity (Wildman–Crippen MR) is 91.2 cm³/mol. The number of benzene rings is 1. The van der Waals surface area contributed by atoms with Crippen LogP contribution in [0.2, 0.25) is 5.02 Å². The molecule has 5 nitrogen and oxygen atoms in total. The smallest absolute Gasteiger partial charge is 0.236 e. The van der Waals surface area contributed by atoms with Crippen molar-refractivity contribution in [3.8, 4) is 11.3 Å². The maximum Gasteiger partial charge on any atom is 0.236 e. The van der Waals surface area contributed by atoms with Gasteiger partial charge >= 0.3 is 0 Å². The molecular weight excluding hydrogens is 314 g/mol. The van der Waals surface area contributed by atoms with Crippen molar-refractivity contribution in [1.29, 1.82) is 0 Å². The Labute approximate surface area is 141 Å². The number of nitrogens with zero attached hydrogens (tertiary/aromatic N) is 3. The number of rotatable bonds is 7. The molecule has 23 heavy (non-hydrogen) atoms. The van der Waals surface area contributed by atoms with Gasteiger partial charge in [-0.1, -0.05) is 11.6 Å². The number of carbonyl (C=O) groups is 1. The van der Waals surface area contributed by atoms with Gasteiger partial charge in [-0.15, -0.1) is 0 Å². The molecule has 124 valence electrons. The number of likely N-dealkylation sites (N-methyl/N-ethyl adjacent to an activating group) is 2. The molecule has 0 spiro atoms. The van der Waals surface area contributed by atoms with Crippen molar-refractivity contribution in [3.05, 3.63) is 41.4 Å². The molecule has 1 aromatic carbocycles. The van der Waals surface area contributed by atoms with Crippen LogP contribution >= 0.6 is 11.6 Å². The van der Waals surface area contributed by atoms with Crippen molar-refractivity contribution in [2.24, 2.45) is 0 Å². The first kappa shape index (κ1) is 17.5. The fourth-order valence-corrected chi connectivity index (χ4v) is 2.45. The molecule has 0 aliphatic carbocycles. The maximum absolute atomic E-state index is 12.1. The van der Waals surface area contributed by atoms with E-state index in [2.05, 4.69) is 4.98 Å². The molecule has 2 aromatic rings. The van der Waals surface area contributed by atoms with Gasteiger partial charge in [0, 0.05) is 23.7 Å². The third-order valence-electron chi connectivity index (χ3n) is 3.61. The molecule has 0 saturated carbocycles. The van der Waals surface area contributed by atoms with Crippen LogP contribution in [0.15, 0.2) is 34.9 Å². The summed E-state index contributed by atoms with van der Waals surface area (Å²) in [5, 5.41) is 0.683. The lowest BCUT2D eigenvalue weighted by Crippen LogP contribution is -2.38. The average molecular weight is 336 g/mol. The Bertz CT molecular complexity index is 636. The Morgan fingerprint density at radius 2 is 1.87 bits per heavy atom. The van der Waals surface area contributed by atoms with Crippen LogP contribution in [0.5, 0.6) is 0 Å². The van der Waals surface area contributed by atoms with E-state index in [1.165, 1.54) is 0 Å². The van der Waals surface area contributed by atoms with Gasteiger partial charge < -0.3 is 9.32 Å². The van der Waals surface area contributed by atoms with Crippen LogP contribution in [0.1, 0.15) is 19.7 Å². The van der Waals surface area contributed by atoms with Crippen molar-refractivity contribution in [3.63, 3.8) is 0 Å². The van der Waals surface area contributed by atoms with Crippen molar-refractivity contribution >= 4 is 17.5 Å². The number of hydrogen-bond donors (Lipinski definition) is 0. The van der Waals surface area contributed by atoms with Gasteiger partial charge in [0.05, 0.1) is 19.3 Å². The van der Waals surface area contributed by atoms with Gasteiger partial charge in [-0.3, -0.25) is 9.69 Å². The highest BCUT2D eigenvalue weighted by atomic mass is 35.5. The molecule has 0 aliphatic rings. The van der Waals surface area contributed by atoms with Gasteiger partial charge in [-0.2, -0.15) is 0 Å². The fraction of sp³-hybridized carbons (Fsp3) is 0.412. The topological polar surface area (TPSA) is 49.6 Å². The molecule has 2 rings (SSSR count). The van der Waals surface area contributed by atoms with E-state index in [0.717, 1.165) is 18.7 Å². The van der Waals surface area contributed by atoms with E-state index in [1.807, 2.05) is 55.0 Å². The van der Waals surface area contributed by atoms with E-state index < -0.39 is 0 Å². The maximum atomic E-state index is 12.1. The van der Waals surface area contributed by atoms with E-state index in [-0.39, 0.29) is 5.91 Å². The molecule has 0 saturated heterocycles. The highest BCUT2D eigenvalue weighted by molar-refractivity contribution is 6.30. The van der Waals surface area contributed by atoms with Crippen LogP contribution in [0.3, 0.4) is 0 Å². The largest absolute Gasteiger partial charge is 0.439 e. The number of aromatic nitrogens is 1. The second-order valence-corrected chi connectivity index (χ2v) is 5.80. The molecule has 6 heteroatoms. The molecule has 0 unspecified atom stereocenters. The molecule has 0 N–H and O–H groups in total. The molecule has 0 aliphatic heterocycles. The van der Waals surface area contributed by atoms with Crippen molar-refractivity contribution in [1.82, 2.24) is 14.8 Å². The number of halogens is 1. The van der Waals surface area contributed by atoms with Crippen molar-refractivity contribution in [2.45, 2.75) is 20.4 Å². The number of amides is 1. The molecule has 0 bridgehead atoms. The quantitative estimate of drug-likeness (QED) is 0.779. The van der Waals surface area contributed by atoms with Gasteiger partial charge in [0.1, 0.15) is 0 Å². The molecule has 1 aromatic heterocycles. The van der Waals surface area contributed by atoms with Crippen LogP contribution in [0.4, 0.5) is 0 Å². The summed E-state index contributed by atoms with van der Waals surface area (Å²) in [5.74, 6) is 1.40. The van der Waals surface area contributed by atoms with E-state index in [9.17, 15) is 4.79 Å². The third-order valence-corrected chi connectivity index (χ3v) is 3.86. The van der Waals surface area contributed by atoms with Gasteiger partial charge in [0.2, 0.25) is 11.8 Å². The highest BCUT2D eigenvalue weighted by Gasteiger charge is 2.14. The summed E-state index contributed by atoms with van der Waals surface area (Å²) in [6.07, 6.45) is 1.69. The second-order valence-electron chi connectivity index (χ2n) is 5.36. The Morgan fingerprint density at radius 3 is 2.48 bits per heavy atom. The van der Waals surface area contributed by atoms with E-state index >= 15 is 0 Å². The first-order valence-electron chi connectivity index (χ1n) is 7.70. The van der Waals surface area contributed by atoms with E-state index in [1.54, 1.807) is 6.20 Å². The van der Waals surface area contributed by atoms with Crippen LogP contribution in [-0.4, -0.2) is 47.4 Å². The van der Waals surface area contributed by atoms with Gasteiger partial charge in [0.25, 0.3) is 0 Å². The summed E-state index contributed by atoms with van der Waals surface area (Å²) in [7, 11) is 1.88. The molecule has 1 heterocycles. The number of oxazole rings is 1. The van der Waals surface area contributed by atoms with Crippen LogP contribution < -0.4 is 0 Å². The predicted octanol–water partition coefficient (Wildman–Crippen LogP) is 3.30. The van der Waals surface area contributed by atoms with Crippen LogP contribution in [0, 0.1) is 0 Å². The van der Waals surface area contributed by atoms with Gasteiger partial charge in [-0.05, 0) is 45.2 Å². The highest BCUT2D eigenvalue weighted by Crippen LogP contribution is 2.22. The fourth-order valence-electron chi connectivity index (χ4n) is 2.32. The monoisotopic (exact) mass is 335 g/mol. The Morgan fingerprint density at radius 1 is 1.22 bits per heavy atom. The molecular formula is C17H22ClN3O2. The summed E-state index contributed by atoms with van der Waals surface area (Å²) in [5.41, 5.74) is 0.926. The summed E-state index contributed by atoms with van der Waals surface area (Å²) >= 11 is 5.88. The Hall–Kier alpha value is -1.85. The minimum Gasteiger partial charge on any atom is -0.439 e. The molecule has 0 fully saturated rings. The Kier molecular flexibility index (Phi) is 6.19. The van der Waals surface area contributed by atoms with Crippen LogP contribution in [-0.2, 0) is 11.3 Å². The lowest BCUT2D eigenvalue weighted by atomic mass is 10.2. The van der Waals surface area contributed by atoms with Gasteiger partial charge in [-0.25, -0.2) is 4.98 Å². The zero-order chi connectivity index (χ0) is 16.8. The molecule has 0 radical (unpaired) electrons. The lowest BCUT2D eigenvalue weighted by molar-refractivity contribution is -0.131. The van der Waals surface area contributed by atoms with Crippen LogP contribution in [0.25, 0.3) is 11.3 Å². The molecule has 1 amide bonds. The molecule has 0 atom stereocenters. The second kappa shape index (κ2) is 8.13. The Balaban J connectivity index is 1.96. The average Bonchev–Trinajstić information content (AvgIpc) is 2.97. The standard InChI is InChI=1S/C17H22ClN3O2/c1-4-21(5-2)17(22)12-20(3)11-16-19-10-15(23-16)13-6-8-14(18)9-7-13/h6-10H,4-5,11-12H2,1-3H3. The SMILES string of the molecule is CCN(CC)C(=O)CN(C)Cc1ncc(-c2ccc(Cl)cc2)o1. The third kappa shape index (κ3) is 4.81. The van der Waals surface area contributed by atoms with Crippen molar-refractivity contribution < 1.29 is 9.21 Å². The minimum absolute atomic E-state index is 0.113. The van der Waals surface area contributed by atoms with Gasteiger partial charge in [0.15, 0.2) is 5.76 Å². The normalized spacial score (nSPS) is 11.0.